The number of hydrogen-bond acceptors (Lipinski definition) is 3. The van der Waals surface area contributed by atoms with Gasteiger partial charge in [-0.25, -0.2) is 0 Å². The van der Waals surface area contributed by atoms with Crippen LogP contribution in [0.25, 0.3) is 0 Å². The first-order valence-electron chi connectivity index (χ1n) is 7.59. The van der Waals surface area contributed by atoms with E-state index in [2.05, 4.69) is 18.7 Å². The van der Waals surface area contributed by atoms with E-state index in [0.717, 1.165) is 25.8 Å². The Labute approximate surface area is 122 Å². The van der Waals surface area contributed by atoms with Crippen LogP contribution in [0.2, 0.25) is 0 Å². The first-order valence-corrected chi connectivity index (χ1v) is 7.59. The van der Waals surface area contributed by atoms with E-state index in [1.807, 2.05) is 19.2 Å². The maximum Gasteiger partial charge on any atom is 0.115 e. The lowest BCUT2D eigenvalue weighted by Gasteiger charge is -2.42. The predicted octanol–water partition coefficient (Wildman–Crippen LogP) is 3.21. The Hall–Kier alpha value is -1.06. The lowest BCUT2D eigenvalue weighted by molar-refractivity contribution is -0.0601. The Morgan fingerprint density at radius 2 is 2.05 bits per heavy atom. The summed E-state index contributed by atoms with van der Waals surface area (Å²) >= 11 is 0. The van der Waals surface area contributed by atoms with Crippen molar-refractivity contribution >= 4 is 0 Å². The molecule has 0 saturated carbocycles. The van der Waals surface area contributed by atoms with Gasteiger partial charge in [-0.05, 0) is 63.8 Å². The molecule has 2 unspecified atom stereocenters. The summed E-state index contributed by atoms with van der Waals surface area (Å²) in [4.78, 5) is 2.55. The molecule has 20 heavy (non-hydrogen) atoms. The van der Waals surface area contributed by atoms with E-state index in [1.54, 1.807) is 12.1 Å². The van der Waals surface area contributed by atoms with Crippen LogP contribution in [0.5, 0.6) is 5.75 Å². The molecule has 0 aromatic heterocycles. The number of phenols is 1. The van der Waals surface area contributed by atoms with E-state index in [9.17, 15) is 5.11 Å². The van der Waals surface area contributed by atoms with Gasteiger partial charge in [0.2, 0.25) is 0 Å². The number of hydrogen-bond donors (Lipinski definition) is 1. The van der Waals surface area contributed by atoms with Crippen molar-refractivity contribution in [3.63, 3.8) is 0 Å². The summed E-state index contributed by atoms with van der Waals surface area (Å²) in [6, 6.07) is 8.12. The number of likely N-dealkylation sites (tertiary alicyclic amines) is 1. The van der Waals surface area contributed by atoms with Crippen LogP contribution in [0, 0.1) is 0 Å². The van der Waals surface area contributed by atoms with Crippen LogP contribution in [0.15, 0.2) is 24.3 Å². The third kappa shape index (κ3) is 3.97. The Kier molecular flexibility index (Phi) is 5.06. The van der Waals surface area contributed by atoms with Crippen LogP contribution in [-0.4, -0.2) is 41.8 Å². The highest BCUT2D eigenvalue weighted by atomic mass is 16.5. The second-order valence-electron chi connectivity index (χ2n) is 6.28. The van der Waals surface area contributed by atoms with Crippen molar-refractivity contribution in [1.82, 2.24) is 4.90 Å². The van der Waals surface area contributed by atoms with Crippen molar-refractivity contribution in [2.45, 2.75) is 51.2 Å². The summed E-state index contributed by atoms with van der Waals surface area (Å²) in [5, 5.41) is 9.30. The fourth-order valence-corrected chi connectivity index (χ4v) is 3.01. The molecule has 2 rings (SSSR count). The number of benzene rings is 1. The normalized spacial score (nSPS) is 25.6. The molecule has 3 heteroatoms. The van der Waals surface area contributed by atoms with Crippen LogP contribution in [0.3, 0.4) is 0 Å². The topological polar surface area (TPSA) is 32.7 Å². The second kappa shape index (κ2) is 6.59. The zero-order valence-corrected chi connectivity index (χ0v) is 12.9. The van der Waals surface area contributed by atoms with Crippen molar-refractivity contribution in [3.8, 4) is 5.75 Å². The molecule has 1 fully saturated rings. The molecule has 1 aromatic rings. The highest BCUT2D eigenvalue weighted by molar-refractivity contribution is 5.25. The quantitative estimate of drug-likeness (QED) is 0.897. The maximum atomic E-state index is 9.30. The highest BCUT2D eigenvalue weighted by Crippen LogP contribution is 2.26. The maximum absolute atomic E-state index is 9.30. The zero-order valence-electron chi connectivity index (χ0n) is 12.9. The largest absolute Gasteiger partial charge is 0.508 e. The van der Waals surface area contributed by atoms with E-state index >= 15 is 0 Å². The van der Waals surface area contributed by atoms with Gasteiger partial charge in [-0.2, -0.15) is 0 Å². The Morgan fingerprint density at radius 1 is 1.35 bits per heavy atom. The molecule has 0 spiro atoms. The number of aromatic hydroxyl groups is 1. The van der Waals surface area contributed by atoms with Gasteiger partial charge < -0.3 is 9.84 Å². The van der Waals surface area contributed by atoms with E-state index in [1.165, 1.54) is 18.5 Å². The number of nitrogens with zero attached hydrogens (tertiary/aromatic N) is 1. The van der Waals surface area contributed by atoms with Gasteiger partial charge in [0.15, 0.2) is 0 Å². The van der Waals surface area contributed by atoms with Gasteiger partial charge in [-0.3, -0.25) is 4.90 Å². The van der Waals surface area contributed by atoms with Gasteiger partial charge >= 0.3 is 0 Å². The average molecular weight is 277 g/mol. The standard InChI is InChI=1S/C17H27NO2/c1-14(5-6-15-7-9-16(19)10-8-15)18-12-4-11-17(2,13-18)20-3/h7-10,14,19H,4-6,11-13H2,1-3H3. The minimum atomic E-state index is 0.0189. The van der Waals surface area contributed by atoms with Crippen molar-refractivity contribution < 1.29 is 9.84 Å². The van der Waals surface area contributed by atoms with E-state index in [4.69, 9.17) is 4.74 Å². The fourth-order valence-electron chi connectivity index (χ4n) is 3.01. The second-order valence-corrected chi connectivity index (χ2v) is 6.28. The molecular formula is C17H27NO2. The number of rotatable bonds is 5. The van der Waals surface area contributed by atoms with Gasteiger partial charge in [0.25, 0.3) is 0 Å². The molecule has 1 aliphatic rings. The number of piperidine rings is 1. The number of ether oxygens (including phenoxy) is 1. The molecule has 112 valence electrons. The minimum absolute atomic E-state index is 0.0189. The van der Waals surface area contributed by atoms with Crippen LogP contribution in [0.1, 0.15) is 38.7 Å². The van der Waals surface area contributed by atoms with E-state index in [-0.39, 0.29) is 5.60 Å². The molecule has 1 aromatic carbocycles. The van der Waals surface area contributed by atoms with E-state index in [0.29, 0.717) is 11.8 Å². The highest BCUT2D eigenvalue weighted by Gasteiger charge is 2.32. The van der Waals surface area contributed by atoms with Crippen molar-refractivity contribution in [1.29, 1.82) is 0 Å². The Balaban J connectivity index is 1.85. The predicted molar refractivity (Wildman–Crippen MR) is 82.1 cm³/mol. The molecule has 1 aliphatic heterocycles. The monoisotopic (exact) mass is 277 g/mol. The van der Waals surface area contributed by atoms with Crippen LogP contribution >= 0.6 is 0 Å². The summed E-state index contributed by atoms with van der Waals surface area (Å²) in [7, 11) is 1.82. The SMILES string of the molecule is COC1(C)CCCN(C(C)CCc2ccc(O)cc2)C1. The van der Waals surface area contributed by atoms with E-state index < -0.39 is 0 Å². The van der Waals surface area contributed by atoms with Gasteiger partial charge in [0.1, 0.15) is 5.75 Å². The first-order chi connectivity index (χ1) is 9.52. The molecule has 0 aliphatic carbocycles. The summed E-state index contributed by atoms with van der Waals surface area (Å²) in [6.07, 6.45) is 4.57. The minimum Gasteiger partial charge on any atom is -0.508 e. The number of aryl methyl sites for hydroxylation is 1. The lowest BCUT2D eigenvalue weighted by atomic mass is 9.93. The summed E-state index contributed by atoms with van der Waals surface area (Å²) < 4.78 is 5.67. The van der Waals surface area contributed by atoms with Gasteiger partial charge in [-0.15, -0.1) is 0 Å². The smallest absolute Gasteiger partial charge is 0.115 e. The molecule has 1 N–H and O–H groups in total. The lowest BCUT2D eigenvalue weighted by Crippen LogP contribution is -2.50. The molecule has 0 bridgehead atoms. The molecule has 2 atom stereocenters. The third-order valence-electron chi connectivity index (χ3n) is 4.59. The molecule has 1 heterocycles. The Morgan fingerprint density at radius 3 is 2.70 bits per heavy atom. The third-order valence-corrected chi connectivity index (χ3v) is 4.59. The fraction of sp³-hybridized carbons (Fsp3) is 0.647. The van der Waals surface area contributed by atoms with Crippen LogP contribution < -0.4 is 0 Å². The van der Waals surface area contributed by atoms with Crippen molar-refractivity contribution in [2.75, 3.05) is 20.2 Å². The zero-order chi connectivity index (χ0) is 14.6. The molecule has 0 radical (unpaired) electrons. The van der Waals surface area contributed by atoms with Crippen LogP contribution in [0.4, 0.5) is 0 Å². The first kappa shape index (κ1) is 15.3. The summed E-state index contributed by atoms with van der Waals surface area (Å²) in [6.45, 7) is 6.73. The Bertz CT molecular complexity index is 418. The molecule has 3 nitrogen and oxygen atoms in total. The number of methoxy groups -OCH3 is 1. The summed E-state index contributed by atoms with van der Waals surface area (Å²) in [5.74, 6) is 0.341. The van der Waals surface area contributed by atoms with Crippen molar-refractivity contribution in [3.05, 3.63) is 29.8 Å². The van der Waals surface area contributed by atoms with Crippen LogP contribution in [-0.2, 0) is 11.2 Å². The molecular weight excluding hydrogens is 250 g/mol. The van der Waals surface area contributed by atoms with Gasteiger partial charge in [0.05, 0.1) is 5.60 Å². The van der Waals surface area contributed by atoms with Crippen molar-refractivity contribution in [2.24, 2.45) is 0 Å². The van der Waals surface area contributed by atoms with Gasteiger partial charge in [0, 0.05) is 19.7 Å². The number of phenolic OH excluding ortho intramolecular Hbond substituents is 1. The average Bonchev–Trinajstić information content (AvgIpc) is 2.46. The van der Waals surface area contributed by atoms with Gasteiger partial charge in [-0.1, -0.05) is 12.1 Å². The summed E-state index contributed by atoms with van der Waals surface area (Å²) in [5.41, 5.74) is 1.31. The molecule has 0 amide bonds. The molecule has 1 saturated heterocycles.